The monoisotopic (exact) mass is 794 g/mol. The Hall–Kier alpha value is -4.91. The maximum Gasteiger partial charge on any atom is 0.417 e. The van der Waals surface area contributed by atoms with Gasteiger partial charge in [0.25, 0.3) is 11.8 Å². The van der Waals surface area contributed by atoms with Crippen LogP contribution in [0, 0.1) is 30.6 Å². The minimum absolute atomic E-state index is 0.0664. The molecule has 1 aromatic heterocycles. The van der Waals surface area contributed by atoms with Crippen molar-refractivity contribution in [3.63, 3.8) is 0 Å². The van der Waals surface area contributed by atoms with E-state index in [1.54, 1.807) is 73.7 Å². The lowest BCUT2D eigenvalue weighted by atomic mass is 9.49. The van der Waals surface area contributed by atoms with E-state index in [1.165, 1.54) is 0 Å². The van der Waals surface area contributed by atoms with Crippen LogP contribution in [0.25, 0.3) is 0 Å². The van der Waals surface area contributed by atoms with Crippen LogP contribution in [0.4, 0.5) is 24.7 Å². The molecule has 4 aromatic rings. The summed E-state index contributed by atoms with van der Waals surface area (Å²) < 4.78 is 40.4. The molecule has 2 aliphatic carbocycles. The number of para-hydroxylation sites is 1. The van der Waals surface area contributed by atoms with Crippen LogP contribution in [-0.2, 0) is 30.8 Å². The molecule has 15 heteroatoms. The molecule has 8 rings (SSSR count). The predicted octanol–water partition coefficient (Wildman–Crippen LogP) is 8.26. The Labute approximate surface area is 321 Å². The van der Waals surface area contributed by atoms with Gasteiger partial charge in [0.15, 0.2) is 5.82 Å². The number of phenolic OH excluding ortho intramolecular Hbond substituents is 1. The Morgan fingerprint density at radius 2 is 1.56 bits per heavy atom. The van der Waals surface area contributed by atoms with Gasteiger partial charge in [0.05, 0.1) is 39.4 Å². The largest absolute Gasteiger partial charge is 0.507 e. The summed E-state index contributed by atoms with van der Waals surface area (Å²) in [7, 11) is 0. The minimum atomic E-state index is -4.75. The average molecular weight is 796 g/mol. The number of benzene rings is 3. The molecule has 3 fully saturated rings. The number of alkyl halides is 3. The van der Waals surface area contributed by atoms with Gasteiger partial charge in [-0.15, -0.1) is 0 Å². The van der Waals surface area contributed by atoms with Crippen LogP contribution >= 0.6 is 34.8 Å². The number of hydrogen-bond donors (Lipinski definition) is 2. The molecule has 0 radical (unpaired) electrons. The number of carbonyl (C=O) groups excluding carboxylic acids is 4. The molecule has 0 unspecified atom stereocenters. The van der Waals surface area contributed by atoms with Crippen molar-refractivity contribution in [3.8, 4) is 5.75 Å². The molecule has 2 N–H and O–H groups in total. The molecule has 0 spiro atoms. The van der Waals surface area contributed by atoms with E-state index in [1.807, 2.05) is 6.08 Å². The fourth-order valence-electron chi connectivity index (χ4n) is 8.89. The molecule has 276 valence electrons. The third-order valence-electron chi connectivity index (χ3n) is 11.2. The number of hydrazine groups is 1. The molecule has 4 aliphatic rings. The van der Waals surface area contributed by atoms with Crippen molar-refractivity contribution >= 4 is 69.9 Å². The SMILES string of the molecule is Cc1cccc([C@H]2C3=CC[C@@H]4C(=O)N(c5ccc(Cl)cc5)C(=O)[C@@H]4[C@@H]3C[C@H]3C(=O)N(Nc4ncc(C(F)(F)F)cc4Cl)C(=O)[C@@]23c2ccc(Cl)cc2)c1O. The Balaban J connectivity index is 1.32. The first kappa shape index (κ1) is 36.1. The van der Waals surface area contributed by atoms with Crippen LogP contribution in [0.5, 0.6) is 5.75 Å². The quantitative estimate of drug-likeness (QED) is 0.154. The predicted molar refractivity (Wildman–Crippen MR) is 194 cm³/mol. The number of aryl methyl sites for hydroxylation is 1. The van der Waals surface area contributed by atoms with E-state index in [0.29, 0.717) is 55.3 Å². The van der Waals surface area contributed by atoms with Gasteiger partial charge in [-0.2, -0.15) is 18.2 Å². The number of rotatable bonds is 5. The number of pyridine rings is 1. The molecule has 1 saturated carbocycles. The zero-order valence-corrected chi connectivity index (χ0v) is 30.3. The standard InChI is InChI=1S/C39H28Cl3F3N4O5/c1-18-3-2-4-26(32(18)50)31-24-13-14-25-30(36(53)48(34(25)51)23-11-9-22(41)10-12-23)27(24)16-28-35(52)49(37(54)38(28,31)19-5-7-21(40)8-6-19)47-33-29(42)15-20(17-46-33)39(43,44)45/h2-13,15,17,25,27-28,30-31,50H,14,16H2,1H3,(H,46,47)/t25-,27+,28-,30-,31+,38+/m0/s1. The molecule has 2 aliphatic heterocycles. The van der Waals surface area contributed by atoms with E-state index in [0.717, 1.165) is 4.90 Å². The third-order valence-corrected chi connectivity index (χ3v) is 12.0. The van der Waals surface area contributed by atoms with Crippen molar-refractivity contribution < 1.29 is 37.5 Å². The molecule has 2 saturated heterocycles. The van der Waals surface area contributed by atoms with Gasteiger partial charge in [-0.3, -0.25) is 29.5 Å². The summed E-state index contributed by atoms with van der Waals surface area (Å²) in [5.74, 6) is -7.65. The number of carbonyl (C=O) groups is 4. The van der Waals surface area contributed by atoms with Crippen molar-refractivity contribution in [2.24, 2.45) is 23.7 Å². The number of nitrogens with one attached hydrogen (secondary N) is 1. The number of hydrogen-bond acceptors (Lipinski definition) is 7. The number of halogens is 6. The highest BCUT2D eigenvalue weighted by Gasteiger charge is 2.70. The van der Waals surface area contributed by atoms with Gasteiger partial charge in [-0.25, -0.2) is 4.98 Å². The lowest BCUT2D eigenvalue weighted by Gasteiger charge is -2.50. The number of amides is 4. The summed E-state index contributed by atoms with van der Waals surface area (Å²) in [6.45, 7) is 1.69. The van der Waals surface area contributed by atoms with Crippen molar-refractivity contribution in [3.05, 3.63) is 128 Å². The Morgan fingerprint density at radius 3 is 2.20 bits per heavy atom. The number of allylic oxidation sites excluding steroid dienone is 2. The van der Waals surface area contributed by atoms with Crippen LogP contribution < -0.4 is 10.3 Å². The Bertz CT molecular complexity index is 2300. The number of phenols is 1. The first-order valence-electron chi connectivity index (χ1n) is 16.9. The average Bonchev–Trinajstić information content (AvgIpc) is 3.51. The molecule has 54 heavy (non-hydrogen) atoms. The molecule has 0 bridgehead atoms. The van der Waals surface area contributed by atoms with E-state index >= 15 is 4.79 Å². The Morgan fingerprint density at radius 1 is 0.889 bits per heavy atom. The molecule has 6 atom stereocenters. The van der Waals surface area contributed by atoms with Crippen molar-refractivity contribution in [2.45, 2.75) is 37.3 Å². The lowest BCUT2D eigenvalue weighted by molar-refractivity contribution is -0.139. The second kappa shape index (κ2) is 12.9. The van der Waals surface area contributed by atoms with Gasteiger partial charge >= 0.3 is 6.18 Å². The second-order valence-electron chi connectivity index (χ2n) is 13.9. The molecular formula is C39H28Cl3F3N4O5. The molecule has 3 heterocycles. The first-order valence-corrected chi connectivity index (χ1v) is 18.0. The first-order chi connectivity index (χ1) is 25.6. The van der Waals surface area contributed by atoms with Crippen LogP contribution in [0.3, 0.4) is 0 Å². The van der Waals surface area contributed by atoms with Crippen LogP contribution in [0.15, 0.2) is 90.6 Å². The van der Waals surface area contributed by atoms with Crippen molar-refractivity contribution in [2.75, 3.05) is 10.3 Å². The number of nitrogens with zero attached hydrogens (tertiary/aromatic N) is 3. The number of anilines is 2. The van der Waals surface area contributed by atoms with E-state index in [4.69, 9.17) is 34.8 Å². The van der Waals surface area contributed by atoms with Crippen molar-refractivity contribution in [1.82, 2.24) is 9.99 Å². The van der Waals surface area contributed by atoms with Gasteiger partial charge in [0.2, 0.25) is 11.8 Å². The number of fused-ring (bicyclic) bond motifs is 4. The summed E-state index contributed by atoms with van der Waals surface area (Å²) in [4.78, 5) is 63.4. The second-order valence-corrected chi connectivity index (χ2v) is 15.2. The topological polar surface area (TPSA) is 120 Å². The number of aromatic hydroxyl groups is 1. The van der Waals surface area contributed by atoms with Crippen LogP contribution in [-0.4, -0.2) is 38.7 Å². The van der Waals surface area contributed by atoms with Gasteiger partial charge in [0, 0.05) is 27.7 Å². The van der Waals surface area contributed by atoms with E-state index in [9.17, 15) is 32.7 Å². The highest BCUT2D eigenvalue weighted by Crippen LogP contribution is 2.65. The van der Waals surface area contributed by atoms with Gasteiger partial charge in [-0.1, -0.05) is 76.8 Å². The number of imide groups is 2. The highest BCUT2D eigenvalue weighted by atomic mass is 35.5. The minimum Gasteiger partial charge on any atom is -0.507 e. The van der Waals surface area contributed by atoms with Gasteiger partial charge < -0.3 is 5.11 Å². The fraction of sp³-hybridized carbons (Fsp3) is 0.256. The van der Waals surface area contributed by atoms with Gasteiger partial charge in [0.1, 0.15) is 5.75 Å². The summed E-state index contributed by atoms with van der Waals surface area (Å²) >= 11 is 18.7. The molecule has 4 amide bonds. The van der Waals surface area contributed by atoms with Crippen molar-refractivity contribution in [1.29, 1.82) is 0 Å². The maximum atomic E-state index is 15.3. The van der Waals surface area contributed by atoms with E-state index in [2.05, 4.69) is 10.4 Å². The van der Waals surface area contributed by atoms with Crippen LogP contribution in [0.1, 0.15) is 41.0 Å². The Kier molecular flexibility index (Phi) is 8.59. The smallest absolute Gasteiger partial charge is 0.417 e. The molecule has 3 aromatic carbocycles. The fourth-order valence-corrected chi connectivity index (χ4v) is 9.35. The van der Waals surface area contributed by atoms with Crippen LogP contribution in [0.2, 0.25) is 15.1 Å². The summed E-state index contributed by atoms with van der Waals surface area (Å²) in [6.07, 6.45) is -2.31. The zero-order chi connectivity index (χ0) is 38.4. The lowest BCUT2D eigenvalue weighted by Crippen LogP contribution is -2.53. The molecule has 9 nitrogen and oxygen atoms in total. The third kappa shape index (κ3) is 5.32. The number of aromatic nitrogens is 1. The normalized spacial score (nSPS) is 26.4. The molecular weight excluding hydrogens is 768 g/mol. The summed E-state index contributed by atoms with van der Waals surface area (Å²) in [5.41, 5.74) is 1.79. The maximum absolute atomic E-state index is 15.3. The zero-order valence-electron chi connectivity index (χ0n) is 28.1. The van der Waals surface area contributed by atoms with Gasteiger partial charge in [-0.05, 0) is 79.3 Å². The van der Waals surface area contributed by atoms with E-state index < -0.39 is 75.4 Å². The summed E-state index contributed by atoms with van der Waals surface area (Å²) in [6, 6.07) is 18.3. The highest BCUT2D eigenvalue weighted by molar-refractivity contribution is 6.33. The summed E-state index contributed by atoms with van der Waals surface area (Å²) in [5, 5.41) is 12.7. The van der Waals surface area contributed by atoms with E-state index in [-0.39, 0.29) is 24.4 Å².